The van der Waals surface area contributed by atoms with E-state index in [-0.39, 0.29) is 17.7 Å². The SMILES string of the molecule is CCOC(=O)C1=C(C)N=c2s/c(=C/c3ccc(OC)cc3OC)c(=O)n2[C@@H]1c1cc(OC)c(OCC)cc1Br. The van der Waals surface area contributed by atoms with Crippen molar-refractivity contribution in [3.8, 4) is 23.0 Å². The van der Waals surface area contributed by atoms with Crippen LogP contribution in [0.2, 0.25) is 0 Å². The van der Waals surface area contributed by atoms with Crippen LogP contribution in [-0.2, 0) is 9.53 Å². The summed E-state index contributed by atoms with van der Waals surface area (Å²) in [6, 6.07) is 8.07. The largest absolute Gasteiger partial charge is 0.497 e. The van der Waals surface area contributed by atoms with Crippen LogP contribution >= 0.6 is 27.3 Å². The van der Waals surface area contributed by atoms with Crippen molar-refractivity contribution in [2.24, 2.45) is 4.99 Å². The number of fused-ring (bicyclic) bond motifs is 1. The van der Waals surface area contributed by atoms with Crippen molar-refractivity contribution in [1.29, 1.82) is 0 Å². The van der Waals surface area contributed by atoms with Crippen molar-refractivity contribution < 1.29 is 28.5 Å². The lowest BCUT2D eigenvalue weighted by Crippen LogP contribution is -2.40. The van der Waals surface area contributed by atoms with Gasteiger partial charge >= 0.3 is 5.97 Å². The van der Waals surface area contributed by atoms with Crippen LogP contribution in [0, 0.1) is 0 Å². The van der Waals surface area contributed by atoms with Crippen LogP contribution in [0.3, 0.4) is 0 Å². The van der Waals surface area contributed by atoms with E-state index >= 15 is 0 Å². The number of nitrogens with zero attached hydrogens (tertiary/aromatic N) is 2. The lowest BCUT2D eigenvalue weighted by Gasteiger charge is -2.26. The number of carbonyl (C=O) groups excluding carboxylic acids is 1. The molecule has 11 heteroatoms. The molecule has 1 aliphatic rings. The number of esters is 1. The van der Waals surface area contributed by atoms with Gasteiger partial charge in [-0.15, -0.1) is 0 Å². The van der Waals surface area contributed by atoms with Crippen LogP contribution < -0.4 is 33.8 Å². The molecule has 0 saturated heterocycles. The summed E-state index contributed by atoms with van der Waals surface area (Å²) in [6.07, 6.45) is 1.75. The lowest BCUT2D eigenvalue weighted by molar-refractivity contribution is -0.139. The fourth-order valence-electron chi connectivity index (χ4n) is 4.35. The Morgan fingerprint density at radius 2 is 1.79 bits per heavy atom. The van der Waals surface area contributed by atoms with Crippen molar-refractivity contribution in [1.82, 2.24) is 4.57 Å². The standard InChI is InChI=1S/C28H29BrN2O7S/c1-7-37-22-14-19(29)18(13-21(22)36-6)25-24(27(33)38-8-2)15(3)30-28-31(25)26(32)23(39-28)11-16-9-10-17(34-4)12-20(16)35-5/h9-14,25H,7-8H2,1-6H3/b23-11+/t25-/m1/s1. The number of halogens is 1. The second kappa shape index (κ2) is 12.1. The number of hydrogen-bond donors (Lipinski definition) is 0. The molecule has 1 aromatic heterocycles. The number of hydrogen-bond acceptors (Lipinski definition) is 9. The van der Waals surface area contributed by atoms with Crippen LogP contribution in [0.1, 0.15) is 37.9 Å². The minimum absolute atomic E-state index is 0.178. The van der Waals surface area contributed by atoms with E-state index in [1.165, 1.54) is 23.0 Å². The summed E-state index contributed by atoms with van der Waals surface area (Å²) in [5.74, 6) is 1.65. The Balaban J connectivity index is 1.99. The number of carbonyl (C=O) groups is 1. The van der Waals surface area contributed by atoms with Gasteiger partial charge in [0, 0.05) is 16.1 Å². The number of ether oxygens (including phenoxy) is 5. The molecule has 3 aromatic rings. The topological polar surface area (TPSA) is 97.6 Å². The quantitative estimate of drug-likeness (QED) is 0.335. The number of methoxy groups -OCH3 is 3. The van der Waals surface area contributed by atoms with Crippen LogP contribution in [0.5, 0.6) is 23.0 Å². The third-order valence-electron chi connectivity index (χ3n) is 6.12. The monoisotopic (exact) mass is 616 g/mol. The Bertz CT molecular complexity index is 1620. The molecule has 0 aliphatic carbocycles. The van der Waals surface area contributed by atoms with E-state index in [4.69, 9.17) is 23.7 Å². The van der Waals surface area contributed by atoms with Crippen LogP contribution in [0.25, 0.3) is 6.08 Å². The Morgan fingerprint density at radius 3 is 2.44 bits per heavy atom. The van der Waals surface area contributed by atoms with Gasteiger partial charge in [0.2, 0.25) is 0 Å². The van der Waals surface area contributed by atoms with Gasteiger partial charge in [-0.2, -0.15) is 0 Å². The van der Waals surface area contributed by atoms with Gasteiger partial charge < -0.3 is 23.7 Å². The van der Waals surface area contributed by atoms with Gasteiger partial charge in [0.1, 0.15) is 11.5 Å². The number of benzene rings is 2. The molecule has 9 nitrogen and oxygen atoms in total. The van der Waals surface area contributed by atoms with Crippen molar-refractivity contribution in [2.75, 3.05) is 34.5 Å². The third-order valence-corrected chi connectivity index (χ3v) is 7.79. The molecule has 0 bridgehead atoms. The van der Waals surface area contributed by atoms with E-state index in [0.29, 0.717) is 60.2 Å². The number of thiazole rings is 1. The highest BCUT2D eigenvalue weighted by molar-refractivity contribution is 9.10. The molecule has 1 aliphatic heterocycles. The second-order valence-electron chi connectivity index (χ2n) is 8.37. The summed E-state index contributed by atoms with van der Waals surface area (Å²) in [5, 5.41) is 0. The van der Waals surface area contributed by atoms with Crippen LogP contribution in [-0.4, -0.2) is 45.1 Å². The molecule has 0 unspecified atom stereocenters. The highest BCUT2D eigenvalue weighted by atomic mass is 79.9. The van der Waals surface area contributed by atoms with E-state index in [9.17, 15) is 9.59 Å². The number of aromatic nitrogens is 1. The summed E-state index contributed by atoms with van der Waals surface area (Å²) in [7, 11) is 4.67. The zero-order valence-electron chi connectivity index (χ0n) is 22.5. The molecule has 39 heavy (non-hydrogen) atoms. The summed E-state index contributed by atoms with van der Waals surface area (Å²) < 4.78 is 30.1. The summed E-state index contributed by atoms with van der Waals surface area (Å²) >= 11 is 4.86. The predicted molar refractivity (Wildman–Crippen MR) is 152 cm³/mol. The Kier molecular flexibility index (Phi) is 8.81. The number of rotatable bonds is 9. The van der Waals surface area contributed by atoms with Gasteiger partial charge in [0.15, 0.2) is 16.3 Å². The highest BCUT2D eigenvalue weighted by Crippen LogP contribution is 2.41. The first-order chi connectivity index (χ1) is 18.8. The van der Waals surface area contributed by atoms with Crippen molar-refractivity contribution in [2.45, 2.75) is 26.8 Å². The van der Waals surface area contributed by atoms with Gasteiger partial charge in [-0.25, -0.2) is 9.79 Å². The van der Waals surface area contributed by atoms with Gasteiger partial charge in [-0.1, -0.05) is 27.3 Å². The first-order valence-corrected chi connectivity index (χ1v) is 13.8. The molecule has 0 fully saturated rings. The van der Waals surface area contributed by atoms with E-state index in [0.717, 1.165) is 0 Å². The molecule has 0 spiro atoms. The molecule has 206 valence electrons. The van der Waals surface area contributed by atoms with Crippen molar-refractivity contribution in [3.05, 3.63) is 76.9 Å². The van der Waals surface area contributed by atoms with Crippen LogP contribution in [0.4, 0.5) is 0 Å². The molecule has 0 saturated carbocycles. The van der Waals surface area contributed by atoms with Crippen molar-refractivity contribution >= 4 is 39.3 Å². The van der Waals surface area contributed by atoms with Gasteiger partial charge in [-0.3, -0.25) is 9.36 Å². The van der Waals surface area contributed by atoms with E-state index in [2.05, 4.69) is 20.9 Å². The summed E-state index contributed by atoms with van der Waals surface area (Å²) in [6.45, 7) is 5.97. The smallest absolute Gasteiger partial charge is 0.338 e. The van der Waals surface area contributed by atoms with Crippen LogP contribution in [0.15, 0.2) is 55.9 Å². The van der Waals surface area contributed by atoms with Gasteiger partial charge in [0.05, 0.1) is 56.4 Å². The fraction of sp³-hybridized carbons (Fsp3) is 0.321. The van der Waals surface area contributed by atoms with E-state index in [1.807, 2.05) is 13.0 Å². The zero-order chi connectivity index (χ0) is 28.3. The molecule has 2 heterocycles. The minimum Gasteiger partial charge on any atom is -0.497 e. The summed E-state index contributed by atoms with van der Waals surface area (Å²) in [4.78, 5) is 32.3. The maximum Gasteiger partial charge on any atom is 0.338 e. The molecular formula is C28H29BrN2O7S. The highest BCUT2D eigenvalue weighted by Gasteiger charge is 2.35. The molecule has 0 radical (unpaired) electrons. The average Bonchev–Trinajstić information content (AvgIpc) is 3.22. The lowest BCUT2D eigenvalue weighted by atomic mass is 9.95. The predicted octanol–water partition coefficient (Wildman–Crippen LogP) is 3.99. The maximum absolute atomic E-state index is 14.0. The first-order valence-electron chi connectivity index (χ1n) is 12.2. The van der Waals surface area contributed by atoms with Crippen molar-refractivity contribution in [3.63, 3.8) is 0 Å². The summed E-state index contributed by atoms with van der Waals surface area (Å²) in [5.41, 5.74) is 1.75. The third kappa shape index (κ3) is 5.46. The Labute approximate surface area is 238 Å². The average molecular weight is 618 g/mol. The van der Waals surface area contributed by atoms with E-state index in [1.54, 1.807) is 58.4 Å². The Morgan fingerprint density at radius 1 is 1.05 bits per heavy atom. The fourth-order valence-corrected chi connectivity index (χ4v) is 5.93. The number of allylic oxidation sites excluding steroid dienone is 1. The molecule has 0 amide bonds. The van der Waals surface area contributed by atoms with Gasteiger partial charge in [0.25, 0.3) is 5.56 Å². The molecular weight excluding hydrogens is 588 g/mol. The second-order valence-corrected chi connectivity index (χ2v) is 10.2. The molecule has 0 N–H and O–H groups in total. The Hall–Kier alpha value is -3.57. The zero-order valence-corrected chi connectivity index (χ0v) is 24.9. The first kappa shape index (κ1) is 28.4. The molecule has 1 atom stereocenters. The van der Waals surface area contributed by atoms with E-state index < -0.39 is 12.0 Å². The molecule has 4 rings (SSSR count). The molecule has 2 aromatic carbocycles. The maximum atomic E-state index is 14.0. The minimum atomic E-state index is -0.820. The van der Waals surface area contributed by atoms with Gasteiger partial charge in [-0.05, 0) is 56.7 Å². The normalized spacial score (nSPS) is 14.9.